The Morgan fingerprint density at radius 3 is 2.23 bits per heavy atom. The molecule has 0 heterocycles. The van der Waals surface area contributed by atoms with Crippen molar-refractivity contribution in [3.8, 4) is 0 Å². The first-order valence-electron chi connectivity index (χ1n) is 5.87. The summed E-state index contributed by atoms with van der Waals surface area (Å²) in [5.74, 6) is 1.67. The van der Waals surface area contributed by atoms with Crippen molar-refractivity contribution in [2.75, 3.05) is 0 Å². The van der Waals surface area contributed by atoms with Crippen molar-refractivity contribution in [1.29, 1.82) is 0 Å². The molecule has 0 radical (unpaired) electrons. The molecule has 2 aliphatic rings. The highest BCUT2D eigenvalue weighted by atomic mass is 14.7. The van der Waals surface area contributed by atoms with E-state index in [2.05, 4.69) is 13.8 Å². The van der Waals surface area contributed by atoms with Gasteiger partial charge in [0.15, 0.2) is 0 Å². The maximum Gasteiger partial charge on any atom is 0.0101 e. The molecular weight excluding hydrogens is 158 g/mol. The van der Waals surface area contributed by atoms with Crippen LogP contribution in [0.3, 0.4) is 0 Å². The van der Waals surface area contributed by atoms with Gasteiger partial charge in [-0.1, -0.05) is 26.7 Å². The van der Waals surface area contributed by atoms with Crippen molar-refractivity contribution >= 4 is 0 Å². The SMILES string of the molecule is CC1(C)CCCC1C(N)C1CCC1. The van der Waals surface area contributed by atoms with Crippen molar-refractivity contribution < 1.29 is 0 Å². The van der Waals surface area contributed by atoms with Gasteiger partial charge in [0.1, 0.15) is 0 Å². The number of hydrogen-bond donors (Lipinski definition) is 1. The van der Waals surface area contributed by atoms with Gasteiger partial charge in [0.05, 0.1) is 0 Å². The molecule has 0 aliphatic heterocycles. The van der Waals surface area contributed by atoms with Crippen LogP contribution in [0.4, 0.5) is 0 Å². The van der Waals surface area contributed by atoms with Crippen LogP contribution in [0.1, 0.15) is 52.4 Å². The Bertz CT molecular complexity index is 182. The first-order chi connectivity index (χ1) is 6.11. The lowest BCUT2D eigenvalue weighted by Crippen LogP contribution is -2.44. The Balaban J connectivity index is 1.98. The minimum absolute atomic E-state index is 0.506. The van der Waals surface area contributed by atoms with Crippen LogP contribution >= 0.6 is 0 Å². The maximum atomic E-state index is 6.36. The van der Waals surface area contributed by atoms with Gasteiger partial charge < -0.3 is 5.73 Å². The highest BCUT2D eigenvalue weighted by Crippen LogP contribution is 2.47. The fourth-order valence-corrected chi connectivity index (χ4v) is 3.22. The van der Waals surface area contributed by atoms with Crippen LogP contribution in [0, 0.1) is 17.3 Å². The van der Waals surface area contributed by atoms with E-state index in [1.807, 2.05) is 0 Å². The molecule has 13 heavy (non-hydrogen) atoms. The first-order valence-corrected chi connectivity index (χ1v) is 5.87. The molecule has 76 valence electrons. The summed E-state index contributed by atoms with van der Waals surface area (Å²) in [7, 11) is 0. The van der Waals surface area contributed by atoms with Crippen LogP contribution in [-0.4, -0.2) is 6.04 Å². The second kappa shape index (κ2) is 3.27. The van der Waals surface area contributed by atoms with E-state index >= 15 is 0 Å². The zero-order valence-corrected chi connectivity index (χ0v) is 9.05. The molecule has 1 nitrogen and oxygen atoms in total. The van der Waals surface area contributed by atoms with E-state index in [9.17, 15) is 0 Å². The van der Waals surface area contributed by atoms with Crippen molar-refractivity contribution in [1.82, 2.24) is 0 Å². The topological polar surface area (TPSA) is 26.0 Å². The Hall–Kier alpha value is -0.0400. The Kier molecular flexibility index (Phi) is 2.39. The van der Waals surface area contributed by atoms with Crippen LogP contribution in [0.15, 0.2) is 0 Å². The molecule has 2 fully saturated rings. The largest absolute Gasteiger partial charge is 0.327 e. The molecule has 2 unspecified atom stereocenters. The van der Waals surface area contributed by atoms with Gasteiger partial charge in [-0.15, -0.1) is 0 Å². The van der Waals surface area contributed by atoms with Crippen molar-refractivity contribution in [3.63, 3.8) is 0 Å². The summed E-state index contributed by atoms with van der Waals surface area (Å²) in [6.45, 7) is 4.81. The van der Waals surface area contributed by atoms with E-state index < -0.39 is 0 Å². The average Bonchev–Trinajstić information content (AvgIpc) is 2.25. The molecule has 2 saturated carbocycles. The minimum Gasteiger partial charge on any atom is -0.327 e. The highest BCUT2D eigenvalue weighted by molar-refractivity contribution is 4.95. The molecule has 0 aromatic heterocycles. The van der Waals surface area contributed by atoms with Gasteiger partial charge in [-0.3, -0.25) is 0 Å². The summed E-state index contributed by atoms with van der Waals surface area (Å²) in [5, 5.41) is 0. The summed E-state index contributed by atoms with van der Waals surface area (Å²) in [5.41, 5.74) is 6.88. The van der Waals surface area contributed by atoms with Gasteiger partial charge in [0.25, 0.3) is 0 Å². The van der Waals surface area contributed by atoms with E-state index in [4.69, 9.17) is 5.73 Å². The zero-order valence-electron chi connectivity index (χ0n) is 9.05. The second-order valence-corrected chi connectivity index (χ2v) is 5.76. The minimum atomic E-state index is 0.506. The molecule has 2 atom stereocenters. The van der Waals surface area contributed by atoms with E-state index in [0.717, 1.165) is 11.8 Å². The van der Waals surface area contributed by atoms with Crippen molar-refractivity contribution in [2.24, 2.45) is 23.0 Å². The zero-order chi connectivity index (χ0) is 9.47. The summed E-state index contributed by atoms with van der Waals surface area (Å²) in [6, 6.07) is 0.506. The fourth-order valence-electron chi connectivity index (χ4n) is 3.22. The lowest BCUT2D eigenvalue weighted by Gasteiger charge is -2.40. The van der Waals surface area contributed by atoms with Gasteiger partial charge in [0, 0.05) is 6.04 Å². The first kappa shape index (κ1) is 9.51. The lowest BCUT2D eigenvalue weighted by atomic mass is 9.68. The summed E-state index contributed by atoms with van der Waals surface area (Å²) in [6.07, 6.45) is 8.38. The predicted molar refractivity (Wildman–Crippen MR) is 56.4 cm³/mol. The lowest BCUT2D eigenvalue weighted by molar-refractivity contribution is 0.137. The monoisotopic (exact) mass is 181 g/mol. The van der Waals surface area contributed by atoms with Crippen LogP contribution in [-0.2, 0) is 0 Å². The van der Waals surface area contributed by atoms with Gasteiger partial charge in [-0.05, 0) is 42.9 Å². The van der Waals surface area contributed by atoms with Gasteiger partial charge in [0.2, 0.25) is 0 Å². The van der Waals surface area contributed by atoms with Crippen LogP contribution in [0.25, 0.3) is 0 Å². The quantitative estimate of drug-likeness (QED) is 0.696. The van der Waals surface area contributed by atoms with Crippen LogP contribution < -0.4 is 5.73 Å². The molecule has 0 bridgehead atoms. The molecule has 0 aromatic carbocycles. The molecular formula is C12H23N. The third kappa shape index (κ3) is 1.63. The third-order valence-electron chi connectivity index (χ3n) is 4.50. The van der Waals surface area contributed by atoms with Gasteiger partial charge >= 0.3 is 0 Å². The van der Waals surface area contributed by atoms with Crippen molar-refractivity contribution in [3.05, 3.63) is 0 Å². The van der Waals surface area contributed by atoms with E-state index in [-0.39, 0.29) is 0 Å². The fraction of sp³-hybridized carbons (Fsp3) is 1.00. The van der Waals surface area contributed by atoms with Crippen molar-refractivity contribution in [2.45, 2.75) is 58.4 Å². The maximum absolute atomic E-state index is 6.36. The Labute approximate surface area is 82.1 Å². The van der Waals surface area contributed by atoms with Gasteiger partial charge in [-0.25, -0.2) is 0 Å². The molecule has 1 heteroatoms. The second-order valence-electron chi connectivity index (χ2n) is 5.76. The number of nitrogens with two attached hydrogens (primary N) is 1. The van der Waals surface area contributed by atoms with E-state index in [1.54, 1.807) is 0 Å². The van der Waals surface area contributed by atoms with E-state index in [0.29, 0.717) is 11.5 Å². The molecule has 0 amide bonds. The Morgan fingerprint density at radius 2 is 1.85 bits per heavy atom. The van der Waals surface area contributed by atoms with Gasteiger partial charge in [-0.2, -0.15) is 0 Å². The summed E-state index contributed by atoms with van der Waals surface area (Å²) < 4.78 is 0. The molecule has 2 N–H and O–H groups in total. The normalized spacial score (nSPS) is 35.8. The standard InChI is InChI=1S/C12H23N/c1-12(2)8-4-7-10(12)11(13)9-5-3-6-9/h9-11H,3-8,13H2,1-2H3. The predicted octanol–water partition coefficient (Wildman–Crippen LogP) is 2.94. The summed E-state index contributed by atoms with van der Waals surface area (Å²) >= 11 is 0. The molecule has 2 rings (SSSR count). The number of rotatable bonds is 2. The molecule has 0 spiro atoms. The average molecular weight is 181 g/mol. The van der Waals surface area contributed by atoms with Crippen LogP contribution in [0.2, 0.25) is 0 Å². The number of hydrogen-bond acceptors (Lipinski definition) is 1. The van der Waals surface area contributed by atoms with Crippen LogP contribution in [0.5, 0.6) is 0 Å². The van der Waals surface area contributed by atoms with E-state index in [1.165, 1.54) is 38.5 Å². The summed E-state index contributed by atoms with van der Waals surface area (Å²) in [4.78, 5) is 0. The molecule has 0 aromatic rings. The molecule has 0 saturated heterocycles. The highest BCUT2D eigenvalue weighted by Gasteiger charge is 2.41. The smallest absolute Gasteiger partial charge is 0.0101 e. The molecule has 2 aliphatic carbocycles. The Morgan fingerprint density at radius 1 is 1.15 bits per heavy atom. The third-order valence-corrected chi connectivity index (χ3v) is 4.50.